The summed E-state index contributed by atoms with van der Waals surface area (Å²) < 4.78 is 1.81. The molecule has 0 spiro atoms. The van der Waals surface area contributed by atoms with Crippen LogP contribution in [0.15, 0.2) is 12.4 Å². The molecule has 1 aromatic heterocycles. The van der Waals surface area contributed by atoms with Crippen molar-refractivity contribution in [3.63, 3.8) is 0 Å². The summed E-state index contributed by atoms with van der Waals surface area (Å²) in [6.07, 6.45) is 5.80. The summed E-state index contributed by atoms with van der Waals surface area (Å²) in [5.41, 5.74) is 0. The minimum absolute atomic E-state index is 1.09. The van der Waals surface area contributed by atoms with E-state index in [1.165, 1.54) is 6.04 Å². The first kappa shape index (κ1) is 7.25. The molecule has 1 aromatic rings. The Bertz CT molecular complexity index is 169. The van der Waals surface area contributed by atoms with E-state index in [4.69, 9.17) is 0 Å². The molecular weight excluding hydrogens is 126 g/mol. The van der Waals surface area contributed by atoms with Gasteiger partial charge in [0.2, 0.25) is 0 Å². The molecule has 0 aliphatic heterocycles. The Kier molecular flexibility index (Phi) is 2.42. The van der Waals surface area contributed by atoms with Crippen molar-refractivity contribution in [1.29, 1.82) is 0 Å². The molecule has 3 nitrogen and oxygen atoms in total. The minimum Gasteiger partial charge on any atom is -0.244 e. The van der Waals surface area contributed by atoms with Crippen LogP contribution in [0.3, 0.4) is 0 Å². The third-order valence-electron chi connectivity index (χ3n) is 1.43. The highest BCUT2D eigenvalue weighted by atomic mass is 15.4. The van der Waals surface area contributed by atoms with Crippen LogP contribution in [0.2, 0.25) is 0 Å². The summed E-state index contributed by atoms with van der Waals surface area (Å²) in [6.45, 7) is 4.22. The fraction of sp³-hybridized carbons (Fsp3) is 0.571. The van der Waals surface area contributed by atoms with E-state index in [9.17, 15) is 0 Å². The van der Waals surface area contributed by atoms with Crippen molar-refractivity contribution in [2.24, 2.45) is 0 Å². The molecule has 55 valence electrons. The third-order valence-corrected chi connectivity index (χ3v) is 1.43. The Morgan fingerprint density at radius 1 is 1.60 bits per heavy atom. The van der Waals surface area contributed by atoms with Gasteiger partial charge in [-0.3, -0.25) is 0 Å². The number of rotatable bonds is 3. The molecule has 3 heteroatoms. The maximum Gasteiger partial charge on any atom is 0.0866 e. The van der Waals surface area contributed by atoms with Crippen molar-refractivity contribution < 1.29 is 0 Å². The van der Waals surface area contributed by atoms with Gasteiger partial charge in [-0.15, -0.1) is 5.10 Å². The predicted octanol–water partition coefficient (Wildman–Crippen LogP) is 1.48. The van der Waals surface area contributed by atoms with Gasteiger partial charge in [0.05, 0.1) is 12.2 Å². The molecule has 0 aromatic carbocycles. The molecule has 0 unspecified atom stereocenters. The van der Waals surface area contributed by atoms with Crippen LogP contribution in [0, 0.1) is 6.04 Å². The van der Waals surface area contributed by atoms with Crippen molar-refractivity contribution in [3.8, 4) is 0 Å². The first-order valence-electron chi connectivity index (χ1n) is 3.53. The maximum atomic E-state index is 3.86. The SMILES string of the molecule is CCC[C](C)n1ccnn1. The number of hydrogen-bond acceptors (Lipinski definition) is 2. The van der Waals surface area contributed by atoms with Crippen LogP contribution in [0.5, 0.6) is 0 Å². The van der Waals surface area contributed by atoms with Crippen molar-refractivity contribution in [2.75, 3.05) is 0 Å². The fourth-order valence-electron chi connectivity index (χ4n) is 0.888. The van der Waals surface area contributed by atoms with Gasteiger partial charge in [-0.2, -0.15) is 0 Å². The Hall–Kier alpha value is -0.860. The molecule has 0 aliphatic rings. The smallest absolute Gasteiger partial charge is 0.0866 e. The quantitative estimate of drug-likeness (QED) is 0.633. The molecule has 0 N–H and O–H groups in total. The zero-order chi connectivity index (χ0) is 7.40. The second-order valence-corrected chi connectivity index (χ2v) is 2.33. The summed E-state index contributed by atoms with van der Waals surface area (Å²) >= 11 is 0. The van der Waals surface area contributed by atoms with Gasteiger partial charge in [0, 0.05) is 6.20 Å². The molecular formula is C7H12N3. The Labute approximate surface area is 61.1 Å². The average molecular weight is 138 g/mol. The molecule has 0 aliphatic carbocycles. The standard InChI is InChI=1S/C7H12N3/c1-3-4-7(2)10-6-5-8-9-10/h5-6H,3-4H2,1-2H3. The lowest BCUT2D eigenvalue weighted by molar-refractivity contribution is 0.603. The number of hydrogen-bond donors (Lipinski definition) is 0. The summed E-state index contributed by atoms with van der Waals surface area (Å²) in [4.78, 5) is 0. The van der Waals surface area contributed by atoms with Gasteiger partial charge in [-0.1, -0.05) is 18.6 Å². The van der Waals surface area contributed by atoms with Crippen LogP contribution >= 0.6 is 0 Å². The van der Waals surface area contributed by atoms with E-state index < -0.39 is 0 Å². The van der Waals surface area contributed by atoms with Crippen LogP contribution in [-0.4, -0.2) is 15.0 Å². The summed E-state index contributed by atoms with van der Waals surface area (Å²) in [7, 11) is 0. The van der Waals surface area contributed by atoms with E-state index in [0.717, 1.165) is 12.8 Å². The highest BCUT2D eigenvalue weighted by Gasteiger charge is 2.02. The summed E-state index contributed by atoms with van der Waals surface area (Å²) in [6, 6.07) is 1.25. The Morgan fingerprint density at radius 3 is 2.90 bits per heavy atom. The Morgan fingerprint density at radius 2 is 2.40 bits per heavy atom. The molecule has 0 fully saturated rings. The molecule has 10 heavy (non-hydrogen) atoms. The average Bonchev–Trinajstić information content (AvgIpc) is 2.38. The molecule has 1 radical (unpaired) electrons. The summed E-state index contributed by atoms with van der Waals surface area (Å²) in [5.74, 6) is 0. The van der Waals surface area contributed by atoms with E-state index >= 15 is 0 Å². The summed E-state index contributed by atoms with van der Waals surface area (Å²) in [5, 5.41) is 7.58. The van der Waals surface area contributed by atoms with Gasteiger partial charge < -0.3 is 0 Å². The van der Waals surface area contributed by atoms with Gasteiger partial charge in [-0.25, -0.2) is 4.68 Å². The zero-order valence-electron chi connectivity index (χ0n) is 6.41. The lowest BCUT2D eigenvalue weighted by atomic mass is 10.2. The highest BCUT2D eigenvalue weighted by Crippen LogP contribution is 2.07. The van der Waals surface area contributed by atoms with Gasteiger partial charge in [0.25, 0.3) is 0 Å². The number of nitrogens with zero attached hydrogens (tertiary/aromatic N) is 3. The van der Waals surface area contributed by atoms with Crippen LogP contribution < -0.4 is 0 Å². The van der Waals surface area contributed by atoms with Gasteiger partial charge >= 0.3 is 0 Å². The first-order chi connectivity index (χ1) is 4.84. The number of aromatic nitrogens is 3. The second-order valence-electron chi connectivity index (χ2n) is 2.33. The molecule has 0 atom stereocenters. The van der Waals surface area contributed by atoms with E-state index in [2.05, 4.69) is 24.2 Å². The zero-order valence-corrected chi connectivity index (χ0v) is 6.41. The van der Waals surface area contributed by atoms with Gasteiger partial charge in [-0.05, 0) is 13.3 Å². The fourth-order valence-corrected chi connectivity index (χ4v) is 0.888. The van der Waals surface area contributed by atoms with E-state index in [-0.39, 0.29) is 0 Å². The van der Waals surface area contributed by atoms with E-state index in [1.54, 1.807) is 6.20 Å². The van der Waals surface area contributed by atoms with Gasteiger partial charge in [0.15, 0.2) is 0 Å². The lowest BCUT2D eigenvalue weighted by Crippen LogP contribution is -2.06. The maximum absolute atomic E-state index is 3.86. The van der Waals surface area contributed by atoms with Crippen LogP contribution in [0.25, 0.3) is 0 Å². The Balaban J connectivity index is 2.50. The second kappa shape index (κ2) is 3.34. The van der Waals surface area contributed by atoms with Crippen molar-refractivity contribution >= 4 is 0 Å². The molecule has 0 saturated heterocycles. The van der Waals surface area contributed by atoms with Crippen LogP contribution in [-0.2, 0) is 0 Å². The third kappa shape index (κ3) is 1.56. The van der Waals surface area contributed by atoms with Crippen LogP contribution in [0.1, 0.15) is 26.7 Å². The van der Waals surface area contributed by atoms with E-state index in [1.807, 2.05) is 10.9 Å². The largest absolute Gasteiger partial charge is 0.244 e. The molecule has 0 bridgehead atoms. The predicted molar refractivity (Wildman–Crippen MR) is 39.2 cm³/mol. The molecule has 1 heterocycles. The van der Waals surface area contributed by atoms with Crippen molar-refractivity contribution in [1.82, 2.24) is 15.0 Å². The monoisotopic (exact) mass is 138 g/mol. The molecule has 1 rings (SSSR count). The molecule has 0 amide bonds. The van der Waals surface area contributed by atoms with Crippen molar-refractivity contribution in [2.45, 2.75) is 26.7 Å². The normalized spacial score (nSPS) is 10.7. The topological polar surface area (TPSA) is 30.7 Å². The minimum atomic E-state index is 1.09. The highest BCUT2D eigenvalue weighted by molar-refractivity contribution is 4.86. The first-order valence-corrected chi connectivity index (χ1v) is 3.53. The van der Waals surface area contributed by atoms with E-state index in [0.29, 0.717) is 0 Å². The van der Waals surface area contributed by atoms with Crippen molar-refractivity contribution in [3.05, 3.63) is 18.4 Å². The van der Waals surface area contributed by atoms with Crippen LogP contribution in [0.4, 0.5) is 0 Å². The lowest BCUT2D eigenvalue weighted by Gasteiger charge is -2.06. The molecule has 0 saturated carbocycles. The van der Waals surface area contributed by atoms with Gasteiger partial charge in [0.1, 0.15) is 0 Å².